The highest BCUT2D eigenvalue weighted by Gasteiger charge is 2.07. The maximum atomic E-state index is 5.95. The molecule has 0 bridgehead atoms. The zero-order valence-corrected chi connectivity index (χ0v) is 10.3. The first-order valence-corrected chi connectivity index (χ1v) is 6.31. The lowest BCUT2D eigenvalue weighted by atomic mass is 10.2. The predicted molar refractivity (Wildman–Crippen MR) is 72.3 cm³/mol. The van der Waals surface area contributed by atoms with Gasteiger partial charge in [0.2, 0.25) is 0 Å². The van der Waals surface area contributed by atoms with Gasteiger partial charge < -0.3 is 5.73 Å². The normalized spacial score (nSPS) is 10.9. The van der Waals surface area contributed by atoms with Crippen LogP contribution in [-0.2, 0) is 0 Å². The van der Waals surface area contributed by atoms with E-state index in [9.17, 15) is 0 Å². The van der Waals surface area contributed by atoms with Crippen LogP contribution in [0, 0.1) is 0 Å². The Balaban J connectivity index is 2.29. The standard InChI is InChI=1S/C12H8ClN3S/c13-8-1-2-9-10(5-8)15-12(16-11(9)14)7-3-4-17-6-7/h1-6H,(H2,14,15,16). The molecule has 0 saturated heterocycles. The molecule has 3 rings (SSSR count). The molecule has 0 atom stereocenters. The zero-order chi connectivity index (χ0) is 11.8. The molecule has 3 nitrogen and oxygen atoms in total. The molecule has 0 amide bonds. The number of nitrogens with zero attached hydrogens (tertiary/aromatic N) is 2. The van der Waals surface area contributed by atoms with Gasteiger partial charge in [0.25, 0.3) is 0 Å². The second-order valence-electron chi connectivity index (χ2n) is 3.61. The van der Waals surface area contributed by atoms with Gasteiger partial charge in [0.05, 0.1) is 5.52 Å². The smallest absolute Gasteiger partial charge is 0.162 e. The highest BCUT2D eigenvalue weighted by atomic mass is 35.5. The Morgan fingerprint density at radius 3 is 2.82 bits per heavy atom. The third-order valence-electron chi connectivity index (χ3n) is 2.47. The molecule has 0 radical (unpaired) electrons. The number of hydrogen-bond donors (Lipinski definition) is 1. The van der Waals surface area contributed by atoms with Gasteiger partial charge in [0.1, 0.15) is 5.82 Å². The number of rotatable bonds is 1. The van der Waals surface area contributed by atoms with E-state index in [4.69, 9.17) is 17.3 Å². The first-order valence-electron chi connectivity index (χ1n) is 4.99. The van der Waals surface area contributed by atoms with Crippen molar-refractivity contribution in [3.63, 3.8) is 0 Å². The second kappa shape index (κ2) is 3.98. The average Bonchev–Trinajstić information content (AvgIpc) is 2.81. The van der Waals surface area contributed by atoms with E-state index >= 15 is 0 Å². The van der Waals surface area contributed by atoms with Gasteiger partial charge in [-0.3, -0.25) is 0 Å². The topological polar surface area (TPSA) is 51.8 Å². The second-order valence-corrected chi connectivity index (χ2v) is 4.82. The van der Waals surface area contributed by atoms with E-state index in [0.29, 0.717) is 16.7 Å². The van der Waals surface area contributed by atoms with Crippen LogP contribution in [0.4, 0.5) is 5.82 Å². The summed E-state index contributed by atoms with van der Waals surface area (Å²) in [6.45, 7) is 0. The quantitative estimate of drug-likeness (QED) is 0.728. The Hall–Kier alpha value is -1.65. The van der Waals surface area contributed by atoms with Gasteiger partial charge >= 0.3 is 0 Å². The first kappa shape index (κ1) is 10.5. The van der Waals surface area contributed by atoms with Gasteiger partial charge in [-0.2, -0.15) is 11.3 Å². The molecule has 0 spiro atoms. The molecule has 0 aliphatic carbocycles. The van der Waals surface area contributed by atoms with E-state index in [0.717, 1.165) is 16.5 Å². The number of hydrogen-bond acceptors (Lipinski definition) is 4. The molecule has 3 aromatic rings. The lowest BCUT2D eigenvalue weighted by Gasteiger charge is -2.04. The molecule has 2 N–H and O–H groups in total. The van der Waals surface area contributed by atoms with E-state index in [1.807, 2.05) is 22.9 Å². The van der Waals surface area contributed by atoms with Gasteiger partial charge in [-0.15, -0.1) is 0 Å². The molecule has 17 heavy (non-hydrogen) atoms. The van der Waals surface area contributed by atoms with Crippen LogP contribution in [0.2, 0.25) is 5.02 Å². The van der Waals surface area contributed by atoms with Crippen molar-refractivity contribution >= 4 is 39.7 Å². The molecule has 0 fully saturated rings. The number of nitrogen functional groups attached to an aromatic ring is 1. The minimum atomic E-state index is 0.480. The van der Waals surface area contributed by atoms with E-state index in [-0.39, 0.29) is 0 Å². The fourth-order valence-electron chi connectivity index (χ4n) is 1.65. The van der Waals surface area contributed by atoms with Crippen LogP contribution in [-0.4, -0.2) is 9.97 Å². The Morgan fingerprint density at radius 2 is 2.06 bits per heavy atom. The summed E-state index contributed by atoms with van der Waals surface area (Å²) in [4.78, 5) is 8.77. The summed E-state index contributed by atoms with van der Waals surface area (Å²) >= 11 is 7.55. The number of thiophene rings is 1. The molecule has 2 aromatic heterocycles. The largest absolute Gasteiger partial charge is 0.383 e. The average molecular weight is 262 g/mol. The van der Waals surface area contributed by atoms with E-state index in [1.165, 1.54) is 0 Å². The molecular weight excluding hydrogens is 254 g/mol. The van der Waals surface area contributed by atoms with E-state index in [2.05, 4.69) is 9.97 Å². The van der Waals surface area contributed by atoms with Crippen molar-refractivity contribution in [3.8, 4) is 11.4 Å². The Bertz CT molecular complexity index is 680. The maximum absolute atomic E-state index is 5.95. The maximum Gasteiger partial charge on any atom is 0.162 e. The van der Waals surface area contributed by atoms with E-state index in [1.54, 1.807) is 23.5 Å². The summed E-state index contributed by atoms with van der Waals surface area (Å²) in [7, 11) is 0. The van der Waals surface area contributed by atoms with Crippen LogP contribution in [0.15, 0.2) is 35.0 Å². The minimum absolute atomic E-state index is 0.480. The van der Waals surface area contributed by atoms with Gasteiger partial charge in [-0.1, -0.05) is 11.6 Å². The van der Waals surface area contributed by atoms with Gasteiger partial charge in [-0.25, -0.2) is 9.97 Å². The molecular formula is C12H8ClN3S. The van der Waals surface area contributed by atoms with Crippen molar-refractivity contribution in [2.45, 2.75) is 0 Å². The fraction of sp³-hybridized carbons (Fsp3) is 0. The van der Waals surface area contributed by atoms with Crippen molar-refractivity contribution in [2.24, 2.45) is 0 Å². The fourth-order valence-corrected chi connectivity index (χ4v) is 2.45. The molecule has 0 unspecified atom stereocenters. The minimum Gasteiger partial charge on any atom is -0.383 e. The summed E-state index contributed by atoms with van der Waals surface area (Å²) in [5.41, 5.74) is 7.67. The number of nitrogens with two attached hydrogens (primary N) is 1. The molecule has 2 heterocycles. The number of anilines is 1. The van der Waals surface area contributed by atoms with Crippen LogP contribution in [0.25, 0.3) is 22.3 Å². The molecule has 84 valence electrons. The Morgan fingerprint density at radius 1 is 1.18 bits per heavy atom. The molecule has 1 aromatic carbocycles. The predicted octanol–water partition coefficient (Wildman–Crippen LogP) is 3.59. The number of aromatic nitrogens is 2. The van der Waals surface area contributed by atoms with Gasteiger partial charge in [0.15, 0.2) is 5.82 Å². The SMILES string of the molecule is Nc1nc(-c2ccsc2)nc2cc(Cl)ccc12. The zero-order valence-electron chi connectivity index (χ0n) is 8.72. The number of benzene rings is 1. The molecule has 0 aliphatic heterocycles. The number of halogens is 1. The summed E-state index contributed by atoms with van der Waals surface area (Å²) in [5, 5.41) is 5.45. The summed E-state index contributed by atoms with van der Waals surface area (Å²) < 4.78 is 0. The van der Waals surface area contributed by atoms with Crippen molar-refractivity contribution in [3.05, 3.63) is 40.0 Å². The van der Waals surface area contributed by atoms with Crippen molar-refractivity contribution in [2.75, 3.05) is 5.73 Å². The molecule has 0 saturated carbocycles. The first-order chi connectivity index (χ1) is 8.24. The van der Waals surface area contributed by atoms with Crippen molar-refractivity contribution in [1.82, 2.24) is 9.97 Å². The highest BCUT2D eigenvalue weighted by Crippen LogP contribution is 2.26. The van der Waals surface area contributed by atoms with Crippen molar-refractivity contribution in [1.29, 1.82) is 0 Å². The summed E-state index contributed by atoms with van der Waals surface area (Å²) in [6.07, 6.45) is 0. The lowest BCUT2D eigenvalue weighted by molar-refractivity contribution is 1.24. The van der Waals surface area contributed by atoms with Crippen LogP contribution >= 0.6 is 22.9 Å². The number of fused-ring (bicyclic) bond motifs is 1. The lowest BCUT2D eigenvalue weighted by Crippen LogP contribution is -1.97. The van der Waals surface area contributed by atoms with Crippen LogP contribution in [0.1, 0.15) is 0 Å². The van der Waals surface area contributed by atoms with Crippen molar-refractivity contribution < 1.29 is 0 Å². The summed E-state index contributed by atoms with van der Waals surface area (Å²) in [5.74, 6) is 1.12. The van der Waals surface area contributed by atoms with Gasteiger partial charge in [-0.05, 0) is 29.6 Å². The van der Waals surface area contributed by atoms with Crippen LogP contribution < -0.4 is 5.73 Å². The molecule has 0 aliphatic rings. The van der Waals surface area contributed by atoms with Crippen LogP contribution in [0.5, 0.6) is 0 Å². The monoisotopic (exact) mass is 261 g/mol. The third kappa shape index (κ3) is 1.85. The molecule has 5 heteroatoms. The highest BCUT2D eigenvalue weighted by molar-refractivity contribution is 7.08. The summed E-state index contributed by atoms with van der Waals surface area (Å²) in [6, 6.07) is 7.39. The Labute approximate surface area is 107 Å². The van der Waals surface area contributed by atoms with Crippen LogP contribution in [0.3, 0.4) is 0 Å². The van der Waals surface area contributed by atoms with Gasteiger partial charge in [0, 0.05) is 21.4 Å². The van der Waals surface area contributed by atoms with E-state index < -0.39 is 0 Å². The third-order valence-corrected chi connectivity index (χ3v) is 3.39. The Kier molecular flexibility index (Phi) is 2.46.